The number of likely N-dealkylation sites (tertiary alicyclic amines) is 1. The molecule has 5 rings (SSSR count). The molecule has 2 aliphatic rings. The Balaban J connectivity index is 1.42. The van der Waals surface area contributed by atoms with Crippen LogP contribution in [0.3, 0.4) is 0 Å². The van der Waals surface area contributed by atoms with Gasteiger partial charge in [-0.2, -0.15) is 5.26 Å². The Hall–Kier alpha value is -3.66. The Morgan fingerprint density at radius 3 is 2.72 bits per heavy atom. The monoisotopic (exact) mass is 610 g/mol. The minimum atomic E-state index is -2.66. The number of ether oxygens (including phenoxy) is 1. The van der Waals surface area contributed by atoms with Crippen molar-refractivity contribution in [2.24, 2.45) is 11.3 Å². The van der Waals surface area contributed by atoms with Crippen LogP contribution in [0.2, 0.25) is 0 Å². The van der Waals surface area contributed by atoms with E-state index in [4.69, 9.17) is 9.72 Å². The van der Waals surface area contributed by atoms with Crippen LogP contribution in [-0.2, 0) is 22.6 Å². The highest BCUT2D eigenvalue weighted by molar-refractivity contribution is 7.14. The van der Waals surface area contributed by atoms with Crippen LogP contribution < -0.4 is 10.6 Å². The number of carbonyl (C=O) groups excluding carboxylic acids is 2. The first-order chi connectivity index (χ1) is 20.6. The van der Waals surface area contributed by atoms with Crippen molar-refractivity contribution in [3.8, 4) is 6.07 Å². The van der Waals surface area contributed by atoms with Crippen molar-refractivity contribution in [2.75, 3.05) is 31.6 Å². The number of allylic oxidation sites excluding steroid dienone is 1. The summed E-state index contributed by atoms with van der Waals surface area (Å²) in [5.74, 6) is -0.507. The number of alkyl halides is 2. The molecule has 43 heavy (non-hydrogen) atoms. The summed E-state index contributed by atoms with van der Waals surface area (Å²) in [4.78, 5) is 32.9. The molecule has 1 aromatic carbocycles. The molecule has 2 saturated heterocycles. The number of aromatic nitrogens is 2. The van der Waals surface area contributed by atoms with Gasteiger partial charge in [-0.25, -0.2) is 13.8 Å². The zero-order valence-electron chi connectivity index (χ0n) is 24.5. The van der Waals surface area contributed by atoms with E-state index in [-0.39, 0.29) is 44.6 Å². The molecule has 3 aromatic rings. The van der Waals surface area contributed by atoms with Gasteiger partial charge in [0, 0.05) is 31.6 Å². The normalized spacial score (nSPS) is 18.3. The molecule has 0 radical (unpaired) electrons. The Labute approximate surface area is 253 Å². The van der Waals surface area contributed by atoms with E-state index >= 15 is 0 Å². The molecule has 9 nitrogen and oxygen atoms in total. The van der Waals surface area contributed by atoms with Gasteiger partial charge in [-0.05, 0) is 48.6 Å². The maximum atomic E-state index is 13.3. The molecule has 228 valence electrons. The lowest BCUT2D eigenvalue weighted by atomic mass is 9.89. The summed E-state index contributed by atoms with van der Waals surface area (Å²) in [7, 11) is 0. The fourth-order valence-electron chi connectivity index (χ4n) is 5.53. The van der Waals surface area contributed by atoms with Gasteiger partial charge >= 0.3 is 0 Å². The fourth-order valence-corrected chi connectivity index (χ4v) is 6.29. The summed E-state index contributed by atoms with van der Waals surface area (Å²) in [6, 6.07) is 10.4. The van der Waals surface area contributed by atoms with Crippen molar-refractivity contribution in [3.05, 3.63) is 57.3 Å². The quantitative estimate of drug-likeness (QED) is 0.219. The topological polar surface area (TPSA) is 112 Å². The number of nitriles is 1. The molecule has 0 aliphatic carbocycles. The van der Waals surface area contributed by atoms with Gasteiger partial charge in [-0.1, -0.05) is 32.9 Å². The number of benzene rings is 1. The standard InChI is InChI=1S/C31H36F2N6O3S/c1-19(2)11-21(13-34)29(41)38-10-4-5-22(38)15-39-24-7-6-20(14-35-16-31(3)17-42-18-31)12-23(24)36-30(39)37-28(40)26-9-8-25(43-26)27(32)33/h6-9,11-12,19,22,27,35H,4-5,10,14-18H2,1-3H3,(H,36,37,40)/b21-11+/t22-/m1/s1. The fraction of sp³-hybridized carbons (Fsp3) is 0.484. The summed E-state index contributed by atoms with van der Waals surface area (Å²) in [5, 5.41) is 15.9. The van der Waals surface area contributed by atoms with Crippen LogP contribution in [0.1, 0.15) is 60.2 Å². The van der Waals surface area contributed by atoms with Crippen molar-refractivity contribution in [1.29, 1.82) is 5.26 Å². The van der Waals surface area contributed by atoms with Crippen molar-refractivity contribution in [2.45, 2.75) is 59.2 Å². The van der Waals surface area contributed by atoms with E-state index in [1.807, 2.05) is 36.6 Å². The predicted octanol–water partition coefficient (Wildman–Crippen LogP) is 5.51. The van der Waals surface area contributed by atoms with Crippen LogP contribution in [0.15, 0.2) is 42.0 Å². The smallest absolute Gasteiger partial charge is 0.272 e. The molecular formula is C31H36F2N6O3S. The number of amides is 2. The number of halogens is 2. The Kier molecular flexibility index (Phi) is 9.25. The minimum Gasteiger partial charge on any atom is -0.380 e. The third kappa shape index (κ3) is 6.95. The predicted molar refractivity (Wildman–Crippen MR) is 161 cm³/mol. The average molecular weight is 611 g/mol. The van der Waals surface area contributed by atoms with Crippen LogP contribution in [-0.4, -0.2) is 58.6 Å². The van der Waals surface area contributed by atoms with Gasteiger partial charge in [0.25, 0.3) is 18.2 Å². The van der Waals surface area contributed by atoms with E-state index in [0.29, 0.717) is 25.2 Å². The zero-order valence-corrected chi connectivity index (χ0v) is 25.3. The number of nitrogens with zero attached hydrogens (tertiary/aromatic N) is 4. The number of fused-ring (bicyclic) bond motifs is 1. The van der Waals surface area contributed by atoms with Gasteiger partial charge in [0.05, 0.1) is 40.0 Å². The molecule has 0 unspecified atom stereocenters. The van der Waals surface area contributed by atoms with Crippen LogP contribution in [0.25, 0.3) is 11.0 Å². The summed E-state index contributed by atoms with van der Waals surface area (Å²) >= 11 is 0.743. The van der Waals surface area contributed by atoms with Crippen LogP contribution >= 0.6 is 11.3 Å². The van der Waals surface area contributed by atoms with Gasteiger partial charge in [0.1, 0.15) is 11.6 Å². The maximum Gasteiger partial charge on any atom is 0.272 e. The van der Waals surface area contributed by atoms with Crippen molar-refractivity contribution in [1.82, 2.24) is 19.8 Å². The van der Waals surface area contributed by atoms with Gasteiger partial charge in [-0.3, -0.25) is 14.9 Å². The molecule has 0 saturated carbocycles. The number of hydrogen-bond donors (Lipinski definition) is 2. The van der Waals surface area contributed by atoms with Crippen LogP contribution in [0.4, 0.5) is 14.7 Å². The SMILES string of the molecule is CC(C)/C=C(\C#N)C(=O)N1CCC[C@@H]1Cn1c(NC(=O)c2ccc(C(F)F)s2)nc2cc(CNCC3(C)COC3)ccc21. The molecule has 1 atom stereocenters. The number of thiophene rings is 1. The number of carbonyl (C=O) groups is 2. The molecule has 12 heteroatoms. The number of hydrogen-bond acceptors (Lipinski definition) is 7. The molecular weight excluding hydrogens is 574 g/mol. The maximum absolute atomic E-state index is 13.3. The third-order valence-corrected chi connectivity index (χ3v) is 8.86. The van der Waals surface area contributed by atoms with E-state index in [2.05, 4.69) is 23.6 Å². The Morgan fingerprint density at radius 1 is 1.28 bits per heavy atom. The van der Waals surface area contributed by atoms with Gasteiger partial charge < -0.3 is 19.5 Å². The van der Waals surface area contributed by atoms with Crippen molar-refractivity contribution < 1.29 is 23.1 Å². The lowest BCUT2D eigenvalue weighted by Crippen LogP contribution is -2.47. The Bertz CT molecular complexity index is 1570. The van der Waals surface area contributed by atoms with Crippen LogP contribution in [0, 0.1) is 22.7 Å². The second kappa shape index (κ2) is 12.9. The highest BCUT2D eigenvalue weighted by atomic mass is 32.1. The van der Waals surface area contributed by atoms with E-state index in [1.165, 1.54) is 12.1 Å². The van der Waals surface area contributed by atoms with E-state index < -0.39 is 12.3 Å². The molecule has 2 amide bonds. The van der Waals surface area contributed by atoms with Crippen LogP contribution in [0.5, 0.6) is 0 Å². The summed E-state index contributed by atoms with van der Waals surface area (Å²) in [5.41, 5.74) is 2.72. The molecule has 2 aliphatic heterocycles. The highest BCUT2D eigenvalue weighted by Crippen LogP contribution is 2.30. The highest BCUT2D eigenvalue weighted by Gasteiger charge is 2.33. The molecule has 0 bridgehead atoms. The van der Waals surface area contributed by atoms with E-state index in [1.54, 1.807) is 11.0 Å². The largest absolute Gasteiger partial charge is 0.380 e. The zero-order chi connectivity index (χ0) is 30.7. The van der Waals surface area contributed by atoms with Gasteiger partial charge in [-0.15, -0.1) is 11.3 Å². The molecule has 4 heterocycles. The number of rotatable bonds is 11. The van der Waals surface area contributed by atoms with E-state index in [9.17, 15) is 23.6 Å². The first kappa shape index (κ1) is 30.8. The minimum absolute atomic E-state index is 0.0514. The van der Waals surface area contributed by atoms with Crippen molar-refractivity contribution >= 4 is 40.1 Å². The third-order valence-electron chi connectivity index (χ3n) is 7.77. The molecule has 0 spiro atoms. The second-order valence-corrected chi connectivity index (χ2v) is 13.1. The first-order valence-corrected chi connectivity index (χ1v) is 15.3. The van der Waals surface area contributed by atoms with Crippen molar-refractivity contribution in [3.63, 3.8) is 0 Å². The average Bonchev–Trinajstić information content (AvgIpc) is 3.70. The lowest BCUT2D eigenvalue weighted by Gasteiger charge is -2.38. The first-order valence-electron chi connectivity index (χ1n) is 14.5. The van der Waals surface area contributed by atoms with E-state index in [0.717, 1.165) is 55.0 Å². The number of anilines is 1. The lowest BCUT2D eigenvalue weighted by molar-refractivity contribution is -0.127. The second-order valence-electron chi connectivity index (χ2n) is 12.0. The van der Waals surface area contributed by atoms with Gasteiger partial charge in [0.2, 0.25) is 5.95 Å². The summed E-state index contributed by atoms with van der Waals surface area (Å²) in [6.07, 6.45) is 0.540. The number of imidazole rings is 1. The van der Waals surface area contributed by atoms with Gasteiger partial charge in [0.15, 0.2) is 0 Å². The number of nitrogens with one attached hydrogen (secondary N) is 2. The Morgan fingerprint density at radius 2 is 2.07 bits per heavy atom. The summed E-state index contributed by atoms with van der Waals surface area (Å²) in [6.45, 7) is 9.82. The summed E-state index contributed by atoms with van der Waals surface area (Å²) < 4.78 is 33.5. The molecule has 2 fully saturated rings. The molecule has 2 N–H and O–H groups in total. The molecule has 2 aromatic heterocycles.